The fourth-order valence-electron chi connectivity index (χ4n) is 1.14. The van der Waals surface area contributed by atoms with Crippen LogP contribution in [-0.2, 0) is 4.79 Å². The lowest BCUT2D eigenvalue weighted by Gasteiger charge is -2.16. The zero-order valence-corrected chi connectivity index (χ0v) is 7.88. The van der Waals surface area contributed by atoms with Gasteiger partial charge in [-0.25, -0.2) is 9.78 Å². The van der Waals surface area contributed by atoms with Gasteiger partial charge in [0.1, 0.15) is 6.10 Å². The number of aryl methyl sites for hydroxylation is 1. The molecule has 15 heavy (non-hydrogen) atoms. The van der Waals surface area contributed by atoms with E-state index in [4.69, 9.17) is 10.2 Å². The van der Waals surface area contributed by atoms with Crippen LogP contribution in [0, 0.1) is 12.9 Å². The third-order valence-corrected chi connectivity index (χ3v) is 1.98. The first-order valence-electron chi connectivity index (χ1n) is 4.14. The van der Waals surface area contributed by atoms with E-state index in [1.165, 1.54) is 6.92 Å². The minimum absolute atomic E-state index is 0.0115. The van der Waals surface area contributed by atoms with Gasteiger partial charge in [-0.15, -0.1) is 0 Å². The molecule has 2 atom stereocenters. The Balaban J connectivity index is 3.04. The molecule has 0 fully saturated rings. The molecule has 0 saturated heterocycles. The van der Waals surface area contributed by atoms with Crippen LogP contribution in [0.1, 0.15) is 17.2 Å². The molecule has 1 aromatic heterocycles. The lowest BCUT2D eigenvalue weighted by atomic mass is 10.0. The molecule has 0 radical (unpaired) electrons. The largest absolute Gasteiger partial charge is 0.479 e. The number of carboxylic acid groups (broad SMARTS) is 1. The van der Waals surface area contributed by atoms with Crippen LogP contribution < -0.4 is 0 Å². The van der Waals surface area contributed by atoms with Crippen molar-refractivity contribution in [3.05, 3.63) is 29.3 Å². The lowest BCUT2D eigenvalue weighted by molar-refractivity contribution is -0.153. The summed E-state index contributed by atoms with van der Waals surface area (Å²) in [4.78, 5) is 13.7. The van der Waals surface area contributed by atoms with E-state index in [0.29, 0.717) is 5.56 Å². The second-order valence-corrected chi connectivity index (χ2v) is 3.09. The Morgan fingerprint density at radius 1 is 1.53 bits per heavy atom. The number of pyridine rings is 1. The molecule has 1 aromatic rings. The normalized spacial score (nSPS) is 14.7. The van der Waals surface area contributed by atoms with Crippen LogP contribution in [0.25, 0.3) is 0 Å². The number of nitrogens with zero attached hydrogens (tertiary/aromatic N) is 1. The first kappa shape index (κ1) is 11.5. The summed E-state index contributed by atoms with van der Waals surface area (Å²) in [6, 6.07) is 0.895. The molecular formula is C9H10FNO4. The monoisotopic (exact) mass is 215 g/mol. The third-order valence-electron chi connectivity index (χ3n) is 1.98. The topological polar surface area (TPSA) is 90.7 Å². The fourth-order valence-corrected chi connectivity index (χ4v) is 1.14. The highest BCUT2D eigenvalue weighted by atomic mass is 19.1. The van der Waals surface area contributed by atoms with Crippen molar-refractivity contribution >= 4 is 5.97 Å². The van der Waals surface area contributed by atoms with Crippen LogP contribution in [0.15, 0.2) is 12.3 Å². The Morgan fingerprint density at radius 2 is 2.13 bits per heavy atom. The van der Waals surface area contributed by atoms with E-state index in [2.05, 4.69) is 4.98 Å². The molecule has 0 saturated carbocycles. The molecule has 0 spiro atoms. The number of aliphatic hydroxyl groups is 2. The summed E-state index contributed by atoms with van der Waals surface area (Å²) in [5, 5.41) is 27.0. The molecule has 1 heterocycles. The molecule has 0 bridgehead atoms. The number of rotatable bonds is 3. The zero-order chi connectivity index (χ0) is 11.6. The van der Waals surface area contributed by atoms with Crippen molar-refractivity contribution in [2.45, 2.75) is 19.1 Å². The van der Waals surface area contributed by atoms with Crippen LogP contribution in [0.2, 0.25) is 0 Å². The number of hydrogen-bond acceptors (Lipinski definition) is 4. The van der Waals surface area contributed by atoms with Crippen molar-refractivity contribution in [2.24, 2.45) is 0 Å². The van der Waals surface area contributed by atoms with Crippen molar-refractivity contribution in [1.82, 2.24) is 4.98 Å². The number of carboxylic acids is 1. The fraction of sp³-hybridized carbons (Fsp3) is 0.333. The average molecular weight is 215 g/mol. The molecule has 2 unspecified atom stereocenters. The molecule has 6 heteroatoms. The molecule has 0 aliphatic carbocycles. The number of hydrogen-bond donors (Lipinski definition) is 3. The molecule has 82 valence electrons. The summed E-state index contributed by atoms with van der Waals surface area (Å²) in [5.74, 6) is -2.41. The summed E-state index contributed by atoms with van der Waals surface area (Å²) in [6.07, 6.45) is -2.49. The summed E-state index contributed by atoms with van der Waals surface area (Å²) < 4.78 is 12.7. The molecule has 3 N–H and O–H groups in total. The third kappa shape index (κ3) is 2.48. The van der Waals surface area contributed by atoms with Crippen molar-refractivity contribution in [1.29, 1.82) is 0 Å². The maximum absolute atomic E-state index is 12.7. The highest BCUT2D eigenvalue weighted by Gasteiger charge is 2.26. The van der Waals surface area contributed by atoms with Gasteiger partial charge < -0.3 is 15.3 Å². The second kappa shape index (κ2) is 4.33. The van der Waals surface area contributed by atoms with Crippen molar-refractivity contribution < 1.29 is 24.5 Å². The van der Waals surface area contributed by atoms with Crippen molar-refractivity contribution in [3.8, 4) is 0 Å². The SMILES string of the molecule is Cc1cnc(F)cc1C(O)C(O)C(=O)O. The van der Waals surface area contributed by atoms with E-state index in [9.17, 15) is 14.3 Å². The predicted octanol–water partition coefficient (Wildman–Crippen LogP) is 0.00802. The summed E-state index contributed by atoms with van der Waals surface area (Å²) >= 11 is 0. The van der Waals surface area contributed by atoms with E-state index in [-0.39, 0.29) is 5.56 Å². The molecule has 0 aliphatic heterocycles. The minimum atomic E-state index is -1.98. The van der Waals surface area contributed by atoms with E-state index in [1.54, 1.807) is 0 Å². The quantitative estimate of drug-likeness (QED) is 0.618. The van der Waals surface area contributed by atoms with Gasteiger partial charge >= 0.3 is 5.97 Å². The second-order valence-electron chi connectivity index (χ2n) is 3.09. The number of carbonyl (C=O) groups is 1. The van der Waals surface area contributed by atoms with Gasteiger partial charge in [0.05, 0.1) is 0 Å². The first-order chi connectivity index (χ1) is 6.93. The highest BCUT2D eigenvalue weighted by Crippen LogP contribution is 2.20. The lowest BCUT2D eigenvalue weighted by Crippen LogP contribution is -2.28. The molecular weight excluding hydrogens is 205 g/mol. The maximum Gasteiger partial charge on any atom is 0.335 e. The standard InChI is InChI=1S/C9H10FNO4/c1-4-3-11-6(10)2-5(4)7(12)8(13)9(14)15/h2-3,7-8,12-13H,1H3,(H,14,15). The van der Waals surface area contributed by atoms with Gasteiger partial charge in [-0.3, -0.25) is 0 Å². The van der Waals surface area contributed by atoms with E-state index in [0.717, 1.165) is 12.3 Å². The van der Waals surface area contributed by atoms with Gasteiger partial charge in [0.15, 0.2) is 6.10 Å². The average Bonchev–Trinajstić information content (AvgIpc) is 2.19. The predicted molar refractivity (Wildman–Crippen MR) is 47.5 cm³/mol. The molecule has 0 aromatic carbocycles. The maximum atomic E-state index is 12.7. The summed E-state index contributed by atoms with van der Waals surface area (Å²) in [5.41, 5.74) is 0.418. The zero-order valence-electron chi connectivity index (χ0n) is 7.88. The van der Waals surface area contributed by atoms with Gasteiger partial charge in [-0.05, 0) is 24.1 Å². The molecule has 0 amide bonds. The van der Waals surface area contributed by atoms with Crippen molar-refractivity contribution in [3.63, 3.8) is 0 Å². The van der Waals surface area contributed by atoms with Crippen molar-refractivity contribution in [2.75, 3.05) is 0 Å². The Hall–Kier alpha value is -1.53. The molecule has 1 rings (SSSR count). The summed E-state index contributed by atoms with van der Waals surface area (Å²) in [7, 11) is 0. The van der Waals surface area contributed by atoms with Gasteiger partial charge in [0, 0.05) is 6.20 Å². The van der Waals surface area contributed by atoms with E-state index in [1.807, 2.05) is 0 Å². The van der Waals surface area contributed by atoms with E-state index < -0.39 is 24.1 Å². The Morgan fingerprint density at radius 3 is 2.67 bits per heavy atom. The highest BCUT2D eigenvalue weighted by molar-refractivity contribution is 5.73. The Kier molecular flexibility index (Phi) is 3.33. The smallest absolute Gasteiger partial charge is 0.335 e. The summed E-state index contributed by atoms with van der Waals surface area (Å²) in [6.45, 7) is 1.53. The Labute approximate surface area is 84.8 Å². The van der Waals surface area contributed by atoms with Gasteiger partial charge in [0.2, 0.25) is 5.95 Å². The number of aromatic nitrogens is 1. The van der Waals surface area contributed by atoms with Gasteiger partial charge in [-0.1, -0.05) is 0 Å². The van der Waals surface area contributed by atoms with Gasteiger partial charge in [0.25, 0.3) is 0 Å². The van der Waals surface area contributed by atoms with Crippen LogP contribution in [0.5, 0.6) is 0 Å². The van der Waals surface area contributed by atoms with Crippen LogP contribution >= 0.6 is 0 Å². The van der Waals surface area contributed by atoms with Crippen LogP contribution in [0.3, 0.4) is 0 Å². The van der Waals surface area contributed by atoms with Gasteiger partial charge in [-0.2, -0.15) is 4.39 Å². The van der Waals surface area contributed by atoms with E-state index >= 15 is 0 Å². The van der Waals surface area contributed by atoms with Crippen LogP contribution in [-0.4, -0.2) is 32.4 Å². The number of halogens is 1. The first-order valence-corrected chi connectivity index (χ1v) is 4.14. The number of aliphatic hydroxyl groups excluding tert-OH is 2. The molecule has 5 nitrogen and oxygen atoms in total. The molecule has 0 aliphatic rings. The minimum Gasteiger partial charge on any atom is -0.479 e. The Bertz CT molecular complexity index is 382. The van der Waals surface area contributed by atoms with Crippen LogP contribution in [0.4, 0.5) is 4.39 Å². The number of aliphatic carboxylic acids is 1.